The molecule has 0 amide bonds. The van der Waals surface area contributed by atoms with E-state index in [2.05, 4.69) is 6.92 Å². The third-order valence-corrected chi connectivity index (χ3v) is 3.47. The summed E-state index contributed by atoms with van der Waals surface area (Å²) in [6.07, 6.45) is 9.93. The molecule has 0 saturated carbocycles. The lowest BCUT2D eigenvalue weighted by atomic mass is 10.1. The number of hydrogen-bond acceptors (Lipinski definition) is 6. The molecule has 0 saturated heterocycles. The number of carboxylic acids is 3. The lowest BCUT2D eigenvalue weighted by molar-refractivity contribution is -0.143. The summed E-state index contributed by atoms with van der Waals surface area (Å²) in [6.45, 7) is 1.50. The van der Waals surface area contributed by atoms with Gasteiger partial charge in [0.05, 0.1) is 26.1 Å². The number of rotatable bonds is 15. The first-order chi connectivity index (χ1) is 13.2. The molecule has 168 valence electrons. The maximum atomic E-state index is 10.2. The summed E-state index contributed by atoms with van der Waals surface area (Å²) in [5, 5.41) is 48.2. The van der Waals surface area contributed by atoms with Crippen molar-refractivity contribution in [3.05, 3.63) is 0 Å². The zero-order valence-electron chi connectivity index (χ0n) is 16.9. The van der Waals surface area contributed by atoms with E-state index < -0.39 is 24.0 Å². The molecule has 0 aromatic carbocycles. The van der Waals surface area contributed by atoms with Crippen LogP contribution in [0.25, 0.3) is 0 Å². The van der Waals surface area contributed by atoms with Gasteiger partial charge in [-0.2, -0.15) is 0 Å². The summed E-state index contributed by atoms with van der Waals surface area (Å²) in [4.78, 5) is 29.5. The first-order valence-corrected chi connectivity index (χ1v) is 9.76. The predicted molar refractivity (Wildman–Crippen MR) is 104 cm³/mol. The van der Waals surface area contributed by atoms with Crippen molar-refractivity contribution in [1.29, 1.82) is 0 Å². The van der Waals surface area contributed by atoms with E-state index in [0.29, 0.717) is 6.42 Å². The van der Waals surface area contributed by atoms with E-state index in [1.54, 1.807) is 0 Å². The second-order valence-corrected chi connectivity index (χ2v) is 6.28. The van der Waals surface area contributed by atoms with Crippen LogP contribution in [0.3, 0.4) is 0 Å². The Hall–Kier alpha value is -1.71. The monoisotopic (exact) mass is 410 g/mol. The van der Waals surface area contributed by atoms with Crippen LogP contribution in [-0.2, 0) is 14.4 Å². The summed E-state index contributed by atoms with van der Waals surface area (Å²) < 4.78 is 0. The van der Waals surface area contributed by atoms with Crippen molar-refractivity contribution in [2.24, 2.45) is 0 Å². The highest BCUT2D eigenvalue weighted by molar-refractivity contribution is 5.75. The SMILES string of the molecule is CCCCCCCCCCCC(=O)O.O=C(O)CCC(=O)O.OCC(O)CO. The Labute approximate surface area is 167 Å². The van der Waals surface area contributed by atoms with Crippen LogP contribution in [0.5, 0.6) is 0 Å². The van der Waals surface area contributed by atoms with E-state index >= 15 is 0 Å². The van der Waals surface area contributed by atoms with Gasteiger partial charge in [-0.1, -0.05) is 58.3 Å². The quantitative estimate of drug-likeness (QED) is 0.221. The molecular formula is C19H38O9. The number of carbonyl (C=O) groups is 3. The smallest absolute Gasteiger partial charge is 0.303 e. The van der Waals surface area contributed by atoms with Crippen LogP contribution in [0.15, 0.2) is 0 Å². The molecule has 0 heterocycles. The van der Waals surface area contributed by atoms with E-state index in [-0.39, 0.29) is 26.1 Å². The van der Waals surface area contributed by atoms with E-state index in [1.807, 2.05) is 0 Å². The Balaban J connectivity index is -0.000000376. The first-order valence-electron chi connectivity index (χ1n) is 9.76. The second kappa shape index (κ2) is 25.3. The molecule has 0 aromatic heterocycles. The Kier molecular flexibility index (Phi) is 28.0. The summed E-state index contributed by atoms with van der Waals surface area (Å²) in [5.74, 6) is -2.81. The van der Waals surface area contributed by atoms with Crippen molar-refractivity contribution in [3.8, 4) is 0 Å². The summed E-state index contributed by atoms with van der Waals surface area (Å²) in [5.41, 5.74) is 0. The number of aliphatic carboxylic acids is 3. The van der Waals surface area contributed by atoms with Crippen molar-refractivity contribution in [2.75, 3.05) is 13.2 Å². The summed E-state index contributed by atoms with van der Waals surface area (Å²) in [6, 6.07) is 0. The van der Waals surface area contributed by atoms with Crippen molar-refractivity contribution < 1.29 is 45.0 Å². The van der Waals surface area contributed by atoms with Crippen molar-refractivity contribution in [2.45, 2.75) is 90.1 Å². The largest absolute Gasteiger partial charge is 0.481 e. The van der Waals surface area contributed by atoms with Gasteiger partial charge in [0.25, 0.3) is 0 Å². The van der Waals surface area contributed by atoms with Crippen LogP contribution in [0.2, 0.25) is 0 Å². The predicted octanol–water partition coefficient (Wildman–Crippen LogP) is 2.26. The number of unbranched alkanes of at least 4 members (excludes halogenated alkanes) is 8. The van der Waals surface area contributed by atoms with Crippen LogP contribution < -0.4 is 0 Å². The summed E-state index contributed by atoms with van der Waals surface area (Å²) >= 11 is 0. The lowest BCUT2D eigenvalue weighted by Crippen LogP contribution is -2.15. The third kappa shape index (κ3) is 39.4. The second-order valence-electron chi connectivity index (χ2n) is 6.28. The molecular weight excluding hydrogens is 372 g/mol. The zero-order valence-corrected chi connectivity index (χ0v) is 16.9. The average molecular weight is 411 g/mol. The molecule has 0 unspecified atom stereocenters. The van der Waals surface area contributed by atoms with E-state index in [0.717, 1.165) is 12.8 Å². The van der Waals surface area contributed by atoms with Crippen molar-refractivity contribution in [1.82, 2.24) is 0 Å². The average Bonchev–Trinajstić information content (AvgIpc) is 2.65. The molecule has 0 spiro atoms. The van der Waals surface area contributed by atoms with Crippen LogP contribution in [0.1, 0.15) is 84.0 Å². The van der Waals surface area contributed by atoms with Crippen LogP contribution in [0, 0.1) is 0 Å². The van der Waals surface area contributed by atoms with E-state index in [1.165, 1.54) is 44.9 Å². The van der Waals surface area contributed by atoms with Gasteiger partial charge >= 0.3 is 17.9 Å². The topological polar surface area (TPSA) is 173 Å². The van der Waals surface area contributed by atoms with Gasteiger partial charge in [0, 0.05) is 6.42 Å². The molecule has 0 aliphatic carbocycles. The molecule has 0 rings (SSSR count). The van der Waals surface area contributed by atoms with E-state index in [9.17, 15) is 14.4 Å². The van der Waals surface area contributed by atoms with Gasteiger partial charge in [-0.25, -0.2) is 0 Å². The van der Waals surface area contributed by atoms with Gasteiger partial charge in [-0.15, -0.1) is 0 Å². The van der Waals surface area contributed by atoms with Crippen LogP contribution >= 0.6 is 0 Å². The van der Waals surface area contributed by atoms with Gasteiger partial charge in [-0.05, 0) is 6.42 Å². The highest BCUT2D eigenvalue weighted by Crippen LogP contribution is 2.10. The highest BCUT2D eigenvalue weighted by atomic mass is 16.4. The number of aliphatic hydroxyl groups is 3. The lowest BCUT2D eigenvalue weighted by Gasteiger charge is -2.00. The van der Waals surface area contributed by atoms with Gasteiger partial charge in [0.1, 0.15) is 6.10 Å². The number of aliphatic hydroxyl groups excluding tert-OH is 3. The normalized spacial score (nSPS) is 9.75. The Bertz CT molecular complexity index is 354. The minimum absolute atomic E-state index is 0.296. The Morgan fingerprint density at radius 2 is 0.929 bits per heavy atom. The molecule has 0 aliphatic heterocycles. The fourth-order valence-corrected chi connectivity index (χ4v) is 1.86. The minimum Gasteiger partial charge on any atom is -0.481 e. The number of carboxylic acid groups (broad SMARTS) is 3. The molecule has 9 nitrogen and oxygen atoms in total. The van der Waals surface area contributed by atoms with Gasteiger partial charge < -0.3 is 30.6 Å². The van der Waals surface area contributed by atoms with Gasteiger partial charge in [-0.3, -0.25) is 14.4 Å². The fourth-order valence-electron chi connectivity index (χ4n) is 1.86. The third-order valence-electron chi connectivity index (χ3n) is 3.47. The molecule has 0 bridgehead atoms. The Morgan fingerprint density at radius 3 is 1.18 bits per heavy atom. The van der Waals surface area contributed by atoms with Gasteiger partial charge in [0.15, 0.2) is 0 Å². The molecule has 0 fully saturated rings. The standard InChI is InChI=1S/C12H24O2.C4H6O4.C3H8O3/c1-2-3-4-5-6-7-8-9-10-11-12(13)14;5-3(6)1-2-4(7)8;4-1-3(6)2-5/h2-11H2,1H3,(H,13,14);1-2H2,(H,5,6)(H,7,8);3-6H,1-2H2. The van der Waals surface area contributed by atoms with Crippen LogP contribution in [-0.4, -0.2) is 67.9 Å². The zero-order chi connectivity index (χ0) is 22.2. The van der Waals surface area contributed by atoms with Crippen LogP contribution in [0.4, 0.5) is 0 Å². The maximum absolute atomic E-state index is 10.2. The van der Waals surface area contributed by atoms with Crippen molar-refractivity contribution in [3.63, 3.8) is 0 Å². The Morgan fingerprint density at radius 1 is 0.607 bits per heavy atom. The van der Waals surface area contributed by atoms with Gasteiger partial charge in [0.2, 0.25) is 0 Å². The molecule has 28 heavy (non-hydrogen) atoms. The maximum Gasteiger partial charge on any atom is 0.303 e. The molecule has 6 N–H and O–H groups in total. The molecule has 0 aliphatic rings. The molecule has 9 heteroatoms. The highest BCUT2D eigenvalue weighted by Gasteiger charge is 2.00. The van der Waals surface area contributed by atoms with E-state index in [4.69, 9.17) is 30.6 Å². The number of hydrogen-bond donors (Lipinski definition) is 6. The molecule has 0 atom stereocenters. The minimum atomic E-state index is -1.08. The molecule has 0 radical (unpaired) electrons. The first kappa shape index (κ1) is 31.0. The van der Waals surface area contributed by atoms with Crippen molar-refractivity contribution >= 4 is 17.9 Å². The fraction of sp³-hybridized carbons (Fsp3) is 0.842. The summed E-state index contributed by atoms with van der Waals surface area (Å²) in [7, 11) is 0. The molecule has 0 aromatic rings.